The van der Waals surface area contributed by atoms with Gasteiger partial charge in [-0.15, -0.1) is 0 Å². The molecular formula is C15H24N2O. The first-order chi connectivity index (χ1) is 8.93. The van der Waals surface area contributed by atoms with Gasteiger partial charge in [-0.3, -0.25) is 4.90 Å². The molecule has 2 aliphatic rings. The highest BCUT2D eigenvalue weighted by atomic mass is 16.3. The van der Waals surface area contributed by atoms with Gasteiger partial charge in [0.05, 0.1) is 12.3 Å². The average molecular weight is 248 g/mol. The molecule has 1 N–H and O–H groups in total. The first-order valence-electron chi connectivity index (χ1n) is 7.44. The number of rotatable bonds is 5. The van der Waals surface area contributed by atoms with Crippen LogP contribution < -0.4 is 5.32 Å². The fraction of sp³-hybridized carbons (Fsp3) is 0.733. The highest BCUT2D eigenvalue weighted by molar-refractivity contribution is 5.06. The van der Waals surface area contributed by atoms with E-state index in [4.69, 9.17) is 4.42 Å². The van der Waals surface area contributed by atoms with Crippen molar-refractivity contribution < 1.29 is 4.42 Å². The molecule has 0 unspecified atom stereocenters. The molecule has 0 bridgehead atoms. The third-order valence-corrected chi connectivity index (χ3v) is 4.41. The van der Waals surface area contributed by atoms with Crippen LogP contribution in [-0.4, -0.2) is 30.6 Å². The molecule has 3 nitrogen and oxygen atoms in total. The molecule has 1 aromatic rings. The Kier molecular flexibility index (Phi) is 4.01. The van der Waals surface area contributed by atoms with E-state index >= 15 is 0 Å². The second-order valence-corrected chi connectivity index (χ2v) is 5.66. The van der Waals surface area contributed by atoms with E-state index in [0.29, 0.717) is 6.04 Å². The number of furan rings is 1. The van der Waals surface area contributed by atoms with Gasteiger partial charge in [0.1, 0.15) is 5.76 Å². The lowest BCUT2D eigenvalue weighted by molar-refractivity contribution is 0.204. The van der Waals surface area contributed by atoms with E-state index in [9.17, 15) is 0 Å². The van der Waals surface area contributed by atoms with E-state index in [1.807, 2.05) is 6.07 Å². The summed E-state index contributed by atoms with van der Waals surface area (Å²) in [6.45, 7) is 3.48. The fourth-order valence-corrected chi connectivity index (χ4v) is 3.35. The SMILES string of the molecule is c1coc([C@H](CNC2CCCC2)N2CCCC2)c1. The van der Waals surface area contributed by atoms with Gasteiger partial charge in [-0.05, 0) is 50.9 Å². The number of nitrogens with zero attached hydrogens (tertiary/aromatic N) is 1. The molecule has 2 heterocycles. The molecule has 0 amide bonds. The molecule has 0 aromatic carbocycles. The van der Waals surface area contributed by atoms with Crippen molar-refractivity contribution in [3.05, 3.63) is 24.2 Å². The third-order valence-electron chi connectivity index (χ3n) is 4.41. The van der Waals surface area contributed by atoms with Crippen molar-refractivity contribution in [3.63, 3.8) is 0 Å². The summed E-state index contributed by atoms with van der Waals surface area (Å²) in [6.07, 6.45) is 9.96. The van der Waals surface area contributed by atoms with Crippen LogP contribution in [0.4, 0.5) is 0 Å². The summed E-state index contributed by atoms with van der Waals surface area (Å²) < 4.78 is 5.64. The van der Waals surface area contributed by atoms with Gasteiger partial charge in [0.2, 0.25) is 0 Å². The molecule has 1 saturated heterocycles. The second kappa shape index (κ2) is 5.89. The van der Waals surface area contributed by atoms with Crippen LogP contribution in [0.1, 0.15) is 50.3 Å². The van der Waals surface area contributed by atoms with Crippen molar-refractivity contribution in [1.29, 1.82) is 0 Å². The van der Waals surface area contributed by atoms with Crippen LogP contribution in [0.3, 0.4) is 0 Å². The summed E-state index contributed by atoms with van der Waals surface area (Å²) in [4.78, 5) is 2.57. The molecule has 0 spiro atoms. The monoisotopic (exact) mass is 248 g/mol. The molecule has 18 heavy (non-hydrogen) atoms. The van der Waals surface area contributed by atoms with Gasteiger partial charge in [0, 0.05) is 12.6 Å². The smallest absolute Gasteiger partial charge is 0.122 e. The molecule has 1 aliphatic carbocycles. The molecule has 0 radical (unpaired) electrons. The molecule has 1 aliphatic heterocycles. The Morgan fingerprint density at radius 3 is 2.67 bits per heavy atom. The van der Waals surface area contributed by atoms with Crippen LogP contribution in [0, 0.1) is 0 Å². The number of hydrogen-bond acceptors (Lipinski definition) is 3. The van der Waals surface area contributed by atoms with Gasteiger partial charge < -0.3 is 9.73 Å². The van der Waals surface area contributed by atoms with E-state index in [0.717, 1.165) is 18.3 Å². The lowest BCUT2D eigenvalue weighted by Crippen LogP contribution is -2.37. The number of likely N-dealkylation sites (tertiary alicyclic amines) is 1. The van der Waals surface area contributed by atoms with Crippen molar-refractivity contribution in [1.82, 2.24) is 10.2 Å². The maximum absolute atomic E-state index is 5.64. The summed E-state index contributed by atoms with van der Waals surface area (Å²) in [5.41, 5.74) is 0. The van der Waals surface area contributed by atoms with Gasteiger partial charge in [-0.1, -0.05) is 12.8 Å². The minimum atomic E-state index is 0.433. The van der Waals surface area contributed by atoms with E-state index in [2.05, 4.69) is 16.3 Å². The average Bonchev–Trinajstić information content (AvgIpc) is 3.14. The third kappa shape index (κ3) is 2.78. The van der Waals surface area contributed by atoms with E-state index in [-0.39, 0.29) is 0 Å². The van der Waals surface area contributed by atoms with Crippen molar-refractivity contribution in [3.8, 4) is 0 Å². The normalized spacial score (nSPS) is 23.8. The molecule has 1 saturated carbocycles. The zero-order valence-corrected chi connectivity index (χ0v) is 11.1. The Morgan fingerprint density at radius 2 is 2.00 bits per heavy atom. The highest BCUT2D eigenvalue weighted by Gasteiger charge is 2.26. The first kappa shape index (κ1) is 12.2. The minimum Gasteiger partial charge on any atom is -0.468 e. The molecule has 1 atom stereocenters. The van der Waals surface area contributed by atoms with E-state index in [1.165, 1.54) is 51.6 Å². The zero-order chi connectivity index (χ0) is 12.2. The summed E-state index contributed by atoms with van der Waals surface area (Å²) in [5, 5.41) is 3.75. The maximum Gasteiger partial charge on any atom is 0.122 e. The summed E-state index contributed by atoms with van der Waals surface area (Å²) >= 11 is 0. The van der Waals surface area contributed by atoms with Crippen molar-refractivity contribution >= 4 is 0 Å². The largest absolute Gasteiger partial charge is 0.468 e. The Hall–Kier alpha value is -0.800. The minimum absolute atomic E-state index is 0.433. The maximum atomic E-state index is 5.64. The van der Waals surface area contributed by atoms with Crippen molar-refractivity contribution in [2.45, 2.75) is 50.6 Å². The topological polar surface area (TPSA) is 28.4 Å². The Bertz CT molecular complexity index is 337. The van der Waals surface area contributed by atoms with Crippen LogP contribution in [0.15, 0.2) is 22.8 Å². The predicted molar refractivity (Wildman–Crippen MR) is 72.5 cm³/mol. The summed E-state index contributed by atoms with van der Waals surface area (Å²) in [7, 11) is 0. The van der Waals surface area contributed by atoms with Crippen LogP contribution in [0.25, 0.3) is 0 Å². The van der Waals surface area contributed by atoms with Gasteiger partial charge in [0.25, 0.3) is 0 Å². The van der Waals surface area contributed by atoms with E-state index in [1.54, 1.807) is 6.26 Å². The molecular weight excluding hydrogens is 224 g/mol. The number of nitrogens with one attached hydrogen (secondary N) is 1. The molecule has 2 fully saturated rings. The summed E-state index contributed by atoms with van der Waals surface area (Å²) in [6, 6.07) is 5.31. The Labute approximate surface area is 110 Å². The zero-order valence-electron chi connectivity index (χ0n) is 11.1. The highest BCUT2D eigenvalue weighted by Crippen LogP contribution is 2.26. The molecule has 1 aromatic heterocycles. The van der Waals surface area contributed by atoms with E-state index < -0.39 is 0 Å². The number of hydrogen-bond donors (Lipinski definition) is 1. The van der Waals surface area contributed by atoms with Crippen LogP contribution in [0.5, 0.6) is 0 Å². The van der Waals surface area contributed by atoms with Gasteiger partial charge in [-0.2, -0.15) is 0 Å². The van der Waals surface area contributed by atoms with Gasteiger partial charge in [-0.25, -0.2) is 0 Å². The lowest BCUT2D eigenvalue weighted by Gasteiger charge is -2.27. The van der Waals surface area contributed by atoms with Crippen LogP contribution in [0.2, 0.25) is 0 Å². The first-order valence-corrected chi connectivity index (χ1v) is 7.44. The summed E-state index contributed by atoms with van der Waals surface area (Å²) in [5.74, 6) is 1.13. The lowest BCUT2D eigenvalue weighted by atomic mass is 10.1. The molecule has 100 valence electrons. The molecule has 3 heteroatoms. The molecule has 3 rings (SSSR count). The van der Waals surface area contributed by atoms with Crippen molar-refractivity contribution in [2.75, 3.05) is 19.6 Å². The van der Waals surface area contributed by atoms with Gasteiger partial charge >= 0.3 is 0 Å². The van der Waals surface area contributed by atoms with Crippen molar-refractivity contribution in [2.24, 2.45) is 0 Å². The Balaban J connectivity index is 1.61. The van der Waals surface area contributed by atoms with Gasteiger partial charge in [0.15, 0.2) is 0 Å². The fourth-order valence-electron chi connectivity index (χ4n) is 3.35. The predicted octanol–water partition coefficient (Wildman–Crippen LogP) is 2.95. The van der Waals surface area contributed by atoms with Crippen LogP contribution >= 0.6 is 0 Å². The Morgan fingerprint density at radius 1 is 1.22 bits per heavy atom. The van der Waals surface area contributed by atoms with Crippen LogP contribution in [-0.2, 0) is 0 Å². The quantitative estimate of drug-likeness (QED) is 0.868. The second-order valence-electron chi connectivity index (χ2n) is 5.66. The standard InChI is InChI=1S/C15H24N2O/c1-2-7-13(6-1)16-12-14(15-8-5-11-18-15)17-9-3-4-10-17/h5,8,11,13-14,16H,1-4,6-7,9-10,12H2/t14-/m0/s1.